The minimum Gasteiger partial charge on any atom is -0.490 e. The van der Waals surface area contributed by atoms with E-state index in [1.54, 1.807) is 6.21 Å². The predicted molar refractivity (Wildman–Crippen MR) is 97.5 cm³/mol. The second-order valence-electron chi connectivity index (χ2n) is 4.98. The minimum atomic E-state index is -0.217. The Morgan fingerprint density at radius 3 is 2.58 bits per heavy atom. The molecule has 0 saturated heterocycles. The number of rotatable bonds is 7. The lowest BCUT2D eigenvalue weighted by molar-refractivity contribution is -0.118. The molecule has 0 heterocycles. The summed E-state index contributed by atoms with van der Waals surface area (Å²) in [7, 11) is 0. The van der Waals surface area contributed by atoms with Crippen molar-refractivity contribution < 1.29 is 14.3 Å². The Balaban J connectivity index is 2.09. The molecule has 0 atom stereocenters. The molecule has 0 spiro atoms. The van der Waals surface area contributed by atoms with Crippen LogP contribution in [0.1, 0.15) is 25.0 Å². The van der Waals surface area contributed by atoms with Crippen LogP contribution in [-0.4, -0.2) is 18.7 Å². The highest BCUT2D eigenvalue weighted by atomic mass is 79.9. The SMILES string of the molecule is CCOc1cc(/C=N\NC(C)=O)ccc1OCc1ccc(Br)cc1. The summed E-state index contributed by atoms with van der Waals surface area (Å²) in [6, 6.07) is 13.5. The van der Waals surface area contributed by atoms with Crippen LogP contribution in [0.3, 0.4) is 0 Å². The molecule has 2 rings (SSSR count). The van der Waals surface area contributed by atoms with Gasteiger partial charge in [0.1, 0.15) is 6.61 Å². The number of ether oxygens (including phenoxy) is 2. The lowest BCUT2D eigenvalue weighted by Crippen LogP contribution is -2.12. The Kier molecular flexibility index (Phi) is 6.81. The van der Waals surface area contributed by atoms with Crippen LogP contribution in [0.2, 0.25) is 0 Å². The van der Waals surface area contributed by atoms with E-state index < -0.39 is 0 Å². The normalized spacial score (nSPS) is 10.6. The summed E-state index contributed by atoms with van der Waals surface area (Å²) < 4.78 is 12.5. The van der Waals surface area contributed by atoms with E-state index in [0.29, 0.717) is 24.7 Å². The van der Waals surface area contributed by atoms with E-state index in [0.717, 1.165) is 15.6 Å². The van der Waals surface area contributed by atoms with Crippen molar-refractivity contribution >= 4 is 28.1 Å². The van der Waals surface area contributed by atoms with Crippen molar-refractivity contribution in [3.8, 4) is 11.5 Å². The van der Waals surface area contributed by atoms with E-state index >= 15 is 0 Å². The Bertz CT molecular complexity index is 715. The van der Waals surface area contributed by atoms with Gasteiger partial charge >= 0.3 is 0 Å². The first-order valence-electron chi connectivity index (χ1n) is 7.52. The monoisotopic (exact) mass is 390 g/mol. The molecule has 0 unspecified atom stereocenters. The van der Waals surface area contributed by atoms with E-state index in [4.69, 9.17) is 9.47 Å². The van der Waals surface area contributed by atoms with Crippen molar-refractivity contribution in [3.63, 3.8) is 0 Å². The molecule has 0 aliphatic heterocycles. The van der Waals surface area contributed by atoms with Gasteiger partial charge < -0.3 is 9.47 Å². The van der Waals surface area contributed by atoms with Gasteiger partial charge in [-0.2, -0.15) is 5.10 Å². The van der Waals surface area contributed by atoms with Gasteiger partial charge in [0.15, 0.2) is 11.5 Å². The van der Waals surface area contributed by atoms with Gasteiger partial charge in [-0.15, -0.1) is 0 Å². The molecule has 0 aliphatic rings. The zero-order valence-electron chi connectivity index (χ0n) is 13.6. The van der Waals surface area contributed by atoms with Crippen molar-refractivity contribution in [2.24, 2.45) is 5.10 Å². The Labute approximate surface area is 149 Å². The molecule has 5 nitrogen and oxygen atoms in total. The van der Waals surface area contributed by atoms with Crippen LogP contribution in [0.15, 0.2) is 52.0 Å². The highest BCUT2D eigenvalue weighted by Gasteiger charge is 2.06. The van der Waals surface area contributed by atoms with E-state index in [-0.39, 0.29) is 5.91 Å². The van der Waals surface area contributed by atoms with Crippen LogP contribution in [0.4, 0.5) is 0 Å². The van der Waals surface area contributed by atoms with Crippen LogP contribution in [0, 0.1) is 0 Å². The fraction of sp³-hybridized carbons (Fsp3) is 0.222. The van der Waals surface area contributed by atoms with Gasteiger partial charge in [0.25, 0.3) is 0 Å². The van der Waals surface area contributed by atoms with Crippen LogP contribution >= 0.6 is 15.9 Å². The van der Waals surface area contributed by atoms with Gasteiger partial charge in [-0.25, -0.2) is 5.43 Å². The minimum absolute atomic E-state index is 0.217. The summed E-state index contributed by atoms with van der Waals surface area (Å²) in [6.45, 7) is 4.30. The third-order valence-electron chi connectivity index (χ3n) is 3.01. The molecule has 0 aromatic heterocycles. The third-order valence-corrected chi connectivity index (χ3v) is 3.54. The average Bonchev–Trinajstić information content (AvgIpc) is 2.55. The number of halogens is 1. The summed E-state index contributed by atoms with van der Waals surface area (Å²) in [4.78, 5) is 10.8. The fourth-order valence-electron chi connectivity index (χ4n) is 1.93. The molecule has 1 amide bonds. The topological polar surface area (TPSA) is 59.9 Å². The van der Waals surface area contributed by atoms with Crippen molar-refractivity contribution in [1.29, 1.82) is 0 Å². The summed E-state index contributed by atoms with van der Waals surface area (Å²) in [5, 5.41) is 3.85. The summed E-state index contributed by atoms with van der Waals surface area (Å²) in [6.07, 6.45) is 1.56. The van der Waals surface area contributed by atoms with Gasteiger partial charge in [-0.3, -0.25) is 4.79 Å². The molecular formula is C18H19BrN2O3. The maximum atomic E-state index is 10.8. The van der Waals surface area contributed by atoms with Crippen LogP contribution in [0.25, 0.3) is 0 Å². The molecule has 2 aromatic rings. The second kappa shape index (κ2) is 9.08. The molecule has 24 heavy (non-hydrogen) atoms. The second-order valence-corrected chi connectivity index (χ2v) is 5.90. The fourth-order valence-corrected chi connectivity index (χ4v) is 2.20. The van der Waals surface area contributed by atoms with Crippen molar-refractivity contribution in [2.45, 2.75) is 20.5 Å². The predicted octanol–water partition coefficient (Wildman–Crippen LogP) is 3.90. The van der Waals surface area contributed by atoms with E-state index in [1.807, 2.05) is 49.4 Å². The van der Waals surface area contributed by atoms with Gasteiger partial charge in [-0.05, 0) is 48.4 Å². The quantitative estimate of drug-likeness (QED) is 0.575. The smallest absolute Gasteiger partial charge is 0.236 e. The van der Waals surface area contributed by atoms with Crippen molar-refractivity contribution in [3.05, 3.63) is 58.1 Å². The Hall–Kier alpha value is -2.34. The molecule has 126 valence electrons. The summed E-state index contributed by atoms with van der Waals surface area (Å²) in [5.41, 5.74) is 4.24. The lowest BCUT2D eigenvalue weighted by atomic mass is 10.2. The number of benzene rings is 2. The highest BCUT2D eigenvalue weighted by molar-refractivity contribution is 9.10. The van der Waals surface area contributed by atoms with Gasteiger partial charge in [0.2, 0.25) is 5.91 Å². The van der Waals surface area contributed by atoms with Gasteiger partial charge in [-0.1, -0.05) is 28.1 Å². The highest BCUT2D eigenvalue weighted by Crippen LogP contribution is 2.29. The maximum Gasteiger partial charge on any atom is 0.236 e. The number of carbonyl (C=O) groups is 1. The Morgan fingerprint density at radius 1 is 1.17 bits per heavy atom. The first-order chi connectivity index (χ1) is 11.6. The van der Waals surface area contributed by atoms with Crippen molar-refractivity contribution in [2.75, 3.05) is 6.61 Å². The molecule has 0 bridgehead atoms. The zero-order valence-corrected chi connectivity index (χ0v) is 15.2. The van der Waals surface area contributed by atoms with Crippen molar-refractivity contribution in [1.82, 2.24) is 5.43 Å². The van der Waals surface area contributed by atoms with E-state index in [9.17, 15) is 4.79 Å². The lowest BCUT2D eigenvalue weighted by Gasteiger charge is -2.12. The van der Waals surface area contributed by atoms with E-state index in [2.05, 4.69) is 26.5 Å². The van der Waals surface area contributed by atoms with E-state index in [1.165, 1.54) is 6.92 Å². The standard InChI is InChI=1S/C18H19BrN2O3/c1-3-23-18-10-15(11-20-21-13(2)22)6-9-17(18)24-12-14-4-7-16(19)8-5-14/h4-11H,3,12H2,1-2H3,(H,21,22)/b20-11-. The number of amides is 1. The number of hydrogen-bond donors (Lipinski definition) is 1. The molecule has 1 N–H and O–H groups in total. The molecule has 6 heteroatoms. The van der Waals surface area contributed by atoms with Gasteiger partial charge in [0, 0.05) is 11.4 Å². The maximum absolute atomic E-state index is 10.8. The number of carbonyl (C=O) groups excluding carboxylic acids is 1. The Morgan fingerprint density at radius 2 is 1.92 bits per heavy atom. The largest absolute Gasteiger partial charge is 0.490 e. The summed E-state index contributed by atoms with van der Waals surface area (Å²) in [5.74, 6) is 1.09. The molecular weight excluding hydrogens is 372 g/mol. The first-order valence-corrected chi connectivity index (χ1v) is 8.31. The third kappa shape index (κ3) is 5.70. The number of nitrogens with zero attached hydrogens (tertiary/aromatic N) is 1. The molecule has 0 saturated carbocycles. The first kappa shape index (κ1) is 18.0. The molecule has 2 aromatic carbocycles. The number of nitrogens with one attached hydrogen (secondary N) is 1. The van der Waals surface area contributed by atoms with Crippen LogP contribution in [-0.2, 0) is 11.4 Å². The zero-order chi connectivity index (χ0) is 17.4. The molecule has 0 fully saturated rings. The number of hydrazone groups is 1. The van der Waals surface area contributed by atoms with Gasteiger partial charge in [0.05, 0.1) is 12.8 Å². The average molecular weight is 391 g/mol. The number of hydrogen-bond acceptors (Lipinski definition) is 4. The summed E-state index contributed by atoms with van der Waals surface area (Å²) >= 11 is 3.41. The van der Waals surface area contributed by atoms with Crippen LogP contribution in [0.5, 0.6) is 11.5 Å². The molecule has 0 aliphatic carbocycles. The van der Waals surface area contributed by atoms with Crippen LogP contribution < -0.4 is 14.9 Å². The molecule has 0 radical (unpaired) electrons.